The Kier molecular flexibility index (Phi) is 8.73. The van der Waals surface area contributed by atoms with Crippen molar-refractivity contribution in [3.63, 3.8) is 0 Å². The average molecular weight is 134 g/mol. The van der Waals surface area contributed by atoms with Crippen LogP contribution in [0, 0.1) is 5.92 Å². The summed E-state index contributed by atoms with van der Waals surface area (Å²) in [4.78, 5) is 12.8. The zero-order valence-electron chi connectivity index (χ0n) is 5.69. The second kappa shape index (κ2) is 7.14. The van der Waals surface area contributed by atoms with Crippen molar-refractivity contribution in [3.05, 3.63) is 13.2 Å². The predicted octanol–water partition coefficient (Wildman–Crippen LogP) is 1.87. The van der Waals surface area contributed by atoms with Crippen molar-refractivity contribution >= 4 is 5.97 Å². The summed E-state index contributed by atoms with van der Waals surface area (Å²) >= 11 is 0. The minimum atomic E-state index is -0.819. The van der Waals surface area contributed by atoms with E-state index in [1.165, 1.54) is 0 Å². The van der Waals surface area contributed by atoms with Crippen molar-refractivity contribution in [2.24, 2.45) is 5.92 Å². The molecule has 0 amide bonds. The van der Waals surface area contributed by atoms with Crippen molar-refractivity contribution in [1.82, 2.24) is 0 Å². The summed E-state index contributed by atoms with van der Waals surface area (Å²) in [5.74, 6) is -1.19. The van der Waals surface area contributed by atoms with Crippen molar-refractivity contribution in [2.75, 3.05) is 0 Å². The Hall–Kier alpha value is -0.860. The number of hydrogen-bond acceptors (Lipinski definition) is 2. The number of carbonyl (C=O) groups excluding carboxylic acids is 1. The van der Waals surface area contributed by atoms with Crippen LogP contribution in [0.15, 0.2) is 13.2 Å². The van der Waals surface area contributed by atoms with E-state index in [1.54, 1.807) is 13.8 Å². The first kappa shape index (κ1) is 11.0. The van der Waals surface area contributed by atoms with E-state index in [9.17, 15) is 9.32 Å². The smallest absolute Gasteiger partial charge is 0.255 e. The first-order chi connectivity index (χ1) is 4.18. The molecule has 0 aliphatic carbocycles. The SMILES string of the molecule is C=C.CC(C)C(=O)OF. The Morgan fingerprint density at radius 2 is 1.89 bits per heavy atom. The average Bonchev–Trinajstić information content (AvgIpc) is 1.91. The fraction of sp³-hybridized carbons (Fsp3) is 0.500. The van der Waals surface area contributed by atoms with E-state index in [0.717, 1.165) is 0 Å². The molecule has 0 N–H and O–H groups in total. The number of halogens is 1. The van der Waals surface area contributed by atoms with E-state index in [4.69, 9.17) is 0 Å². The van der Waals surface area contributed by atoms with E-state index in [1.807, 2.05) is 0 Å². The second-order valence-electron chi connectivity index (χ2n) is 1.55. The van der Waals surface area contributed by atoms with Crippen LogP contribution in [-0.4, -0.2) is 5.97 Å². The molecule has 0 atom stereocenters. The molecule has 0 fully saturated rings. The van der Waals surface area contributed by atoms with Gasteiger partial charge in [0.1, 0.15) is 0 Å². The highest BCUT2D eigenvalue weighted by atomic mass is 19.3. The molecule has 0 spiro atoms. The van der Waals surface area contributed by atoms with Gasteiger partial charge in [0.25, 0.3) is 0 Å². The van der Waals surface area contributed by atoms with E-state index in [2.05, 4.69) is 18.1 Å². The van der Waals surface area contributed by atoms with Gasteiger partial charge in [-0.3, -0.25) is 4.94 Å². The Morgan fingerprint density at radius 3 is 1.89 bits per heavy atom. The van der Waals surface area contributed by atoms with Gasteiger partial charge in [0.05, 0.1) is 5.92 Å². The van der Waals surface area contributed by atoms with Gasteiger partial charge < -0.3 is 0 Å². The topological polar surface area (TPSA) is 26.3 Å². The molecule has 54 valence electrons. The molecule has 0 saturated carbocycles. The molecule has 0 aromatic heterocycles. The molecule has 0 unspecified atom stereocenters. The quantitative estimate of drug-likeness (QED) is 0.512. The first-order valence-electron chi connectivity index (χ1n) is 2.51. The van der Waals surface area contributed by atoms with Crippen LogP contribution in [0.25, 0.3) is 0 Å². The molecular weight excluding hydrogens is 123 g/mol. The third-order valence-electron chi connectivity index (χ3n) is 0.547. The lowest BCUT2D eigenvalue weighted by molar-refractivity contribution is -0.187. The van der Waals surface area contributed by atoms with Crippen LogP contribution in [0.5, 0.6) is 0 Å². The van der Waals surface area contributed by atoms with E-state index in [0.29, 0.717) is 0 Å². The van der Waals surface area contributed by atoms with Crippen molar-refractivity contribution in [2.45, 2.75) is 13.8 Å². The first-order valence-corrected chi connectivity index (χ1v) is 2.51. The second-order valence-corrected chi connectivity index (χ2v) is 1.55. The lowest BCUT2D eigenvalue weighted by atomic mass is 10.2. The Bertz CT molecular complexity index is 81.1. The summed E-state index contributed by atoms with van der Waals surface area (Å²) in [5, 5.41) is 0. The summed E-state index contributed by atoms with van der Waals surface area (Å²) in [6.45, 7) is 9.11. The lowest BCUT2D eigenvalue weighted by Gasteiger charge is -1.92. The summed E-state index contributed by atoms with van der Waals surface area (Å²) in [6, 6.07) is 0. The molecule has 0 rings (SSSR count). The zero-order valence-corrected chi connectivity index (χ0v) is 5.69. The molecule has 0 bridgehead atoms. The summed E-state index contributed by atoms with van der Waals surface area (Å²) in [6.07, 6.45) is 0. The molecule has 2 nitrogen and oxygen atoms in total. The van der Waals surface area contributed by atoms with Gasteiger partial charge >= 0.3 is 5.97 Å². The highest BCUT2D eigenvalue weighted by Crippen LogP contribution is 1.94. The largest absolute Gasteiger partial charge is 0.351 e. The Morgan fingerprint density at radius 1 is 1.56 bits per heavy atom. The van der Waals surface area contributed by atoms with Crippen LogP contribution in [0.1, 0.15) is 13.8 Å². The van der Waals surface area contributed by atoms with Gasteiger partial charge in [0.15, 0.2) is 0 Å². The maximum absolute atomic E-state index is 10.8. The molecule has 0 heterocycles. The summed E-state index contributed by atoms with van der Waals surface area (Å²) < 4.78 is 10.8. The van der Waals surface area contributed by atoms with Crippen molar-refractivity contribution in [1.29, 1.82) is 0 Å². The zero-order chi connectivity index (χ0) is 7.86. The van der Waals surface area contributed by atoms with Gasteiger partial charge in [-0.1, -0.05) is 13.8 Å². The van der Waals surface area contributed by atoms with Gasteiger partial charge in [-0.15, -0.1) is 13.2 Å². The van der Waals surface area contributed by atoms with Gasteiger partial charge in [0, 0.05) is 4.53 Å². The maximum Gasteiger partial charge on any atom is 0.351 e. The van der Waals surface area contributed by atoms with Crippen LogP contribution in [-0.2, 0) is 9.74 Å². The maximum atomic E-state index is 10.8. The molecule has 0 aliphatic rings. The molecular formula is C6H11FO2. The van der Waals surface area contributed by atoms with Gasteiger partial charge in [-0.25, -0.2) is 4.79 Å². The molecule has 0 aliphatic heterocycles. The third-order valence-corrected chi connectivity index (χ3v) is 0.547. The van der Waals surface area contributed by atoms with Crippen LogP contribution in [0.3, 0.4) is 0 Å². The third kappa shape index (κ3) is 7.14. The highest BCUT2D eigenvalue weighted by molar-refractivity contribution is 5.70. The monoisotopic (exact) mass is 134 g/mol. The molecule has 0 saturated heterocycles. The molecule has 0 aromatic carbocycles. The van der Waals surface area contributed by atoms with Crippen LogP contribution in [0.2, 0.25) is 0 Å². The van der Waals surface area contributed by atoms with E-state index >= 15 is 0 Å². The van der Waals surface area contributed by atoms with Gasteiger partial charge in [-0.2, -0.15) is 0 Å². The van der Waals surface area contributed by atoms with Crippen LogP contribution >= 0.6 is 0 Å². The number of rotatable bonds is 1. The van der Waals surface area contributed by atoms with Crippen LogP contribution in [0.4, 0.5) is 4.53 Å². The Labute approximate surface area is 54.2 Å². The Balaban J connectivity index is 0. The predicted molar refractivity (Wildman–Crippen MR) is 33.3 cm³/mol. The summed E-state index contributed by atoms with van der Waals surface area (Å²) in [7, 11) is 0. The molecule has 9 heavy (non-hydrogen) atoms. The highest BCUT2D eigenvalue weighted by Gasteiger charge is 2.06. The lowest BCUT2D eigenvalue weighted by Crippen LogP contribution is -2.05. The van der Waals surface area contributed by atoms with Gasteiger partial charge in [0.2, 0.25) is 0 Å². The van der Waals surface area contributed by atoms with Crippen LogP contribution < -0.4 is 0 Å². The number of carbonyl (C=O) groups is 1. The standard InChI is InChI=1S/C4H7FO2.C2H4/c1-3(2)4(6)7-5;1-2/h3H,1-2H3;1-2H2. The summed E-state index contributed by atoms with van der Waals surface area (Å²) in [5.41, 5.74) is 0. The van der Waals surface area contributed by atoms with E-state index in [-0.39, 0.29) is 5.92 Å². The van der Waals surface area contributed by atoms with Crippen molar-refractivity contribution in [3.8, 4) is 0 Å². The fourth-order valence-corrected chi connectivity index (χ4v) is 0.0891. The van der Waals surface area contributed by atoms with Gasteiger partial charge in [-0.05, 0) is 0 Å². The van der Waals surface area contributed by atoms with E-state index < -0.39 is 5.97 Å². The minimum Gasteiger partial charge on any atom is -0.255 e. The minimum absolute atomic E-state index is 0.370. The molecule has 3 heteroatoms. The molecule has 0 aromatic rings. The number of hydrogen-bond donors (Lipinski definition) is 0. The van der Waals surface area contributed by atoms with Crippen molar-refractivity contribution < 1.29 is 14.3 Å². The fourth-order valence-electron chi connectivity index (χ4n) is 0.0891. The molecule has 0 radical (unpaired) electrons. The normalized spacial score (nSPS) is 7.56.